The minimum absolute atomic E-state index is 0.224. The molecule has 0 unspecified atom stereocenters. The summed E-state index contributed by atoms with van der Waals surface area (Å²) in [5, 5.41) is 0. The van der Waals surface area contributed by atoms with Crippen LogP contribution in [-0.4, -0.2) is 19.9 Å². The van der Waals surface area contributed by atoms with E-state index in [1.807, 2.05) is 36.4 Å². The summed E-state index contributed by atoms with van der Waals surface area (Å²) >= 11 is 0. The van der Waals surface area contributed by atoms with Crippen LogP contribution in [0.25, 0.3) is 6.08 Å². The van der Waals surface area contributed by atoms with Crippen molar-refractivity contribution in [3.05, 3.63) is 42.0 Å². The highest BCUT2D eigenvalue weighted by Crippen LogP contribution is 2.00. The lowest BCUT2D eigenvalue weighted by Crippen LogP contribution is -2.03. The van der Waals surface area contributed by atoms with Crippen molar-refractivity contribution in [2.45, 2.75) is 0 Å². The van der Waals surface area contributed by atoms with Gasteiger partial charge in [-0.2, -0.15) is 0 Å². The van der Waals surface area contributed by atoms with Crippen LogP contribution in [0.4, 0.5) is 4.79 Å². The molecule has 3 heteroatoms. The van der Waals surface area contributed by atoms with Crippen LogP contribution in [0.15, 0.2) is 36.4 Å². The molecular formula is C11H12O3. The Hall–Kier alpha value is -1.77. The zero-order valence-corrected chi connectivity index (χ0v) is 7.97. The molecule has 0 amide bonds. The third kappa shape index (κ3) is 3.76. The number of hydrogen-bond acceptors (Lipinski definition) is 3. The van der Waals surface area contributed by atoms with Crippen molar-refractivity contribution < 1.29 is 14.3 Å². The van der Waals surface area contributed by atoms with Gasteiger partial charge in [-0.15, -0.1) is 0 Å². The van der Waals surface area contributed by atoms with E-state index in [1.165, 1.54) is 7.11 Å². The topological polar surface area (TPSA) is 35.5 Å². The lowest BCUT2D eigenvalue weighted by molar-refractivity contribution is 0.0819. The van der Waals surface area contributed by atoms with E-state index in [9.17, 15) is 4.79 Å². The maximum Gasteiger partial charge on any atom is 0.508 e. The second kappa shape index (κ2) is 5.80. The molecule has 0 heterocycles. The molecule has 0 saturated carbocycles. The minimum atomic E-state index is -0.664. The average molecular weight is 192 g/mol. The molecule has 0 aromatic heterocycles. The van der Waals surface area contributed by atoms with Gasteiger partial charge < -0.3 is 9.47 Å². The highest BCUT2D eigenvalue weighted by atomic mass is 16.7. The first-order chi connectivity index (χ1) is 6.83. The third-order valence-electron chi connectivity index (χ3n) is 1.57. The molecule has 14 heavy (non-hydrogen) atoms. The first kappa shape index (κ1) is 10.3. The molecule has 0 bridgehead atoms. The molecule has 74 valence electrons. The maximum atomic E-state index is 10.5. The van der Waals surface area contributed by atoms with Crippen LogP contribution in [-0.2, 0) is 9.47 Å². The van der Waals surface area contributed by atoms with Crippen molar-refractivity contribution in [3.63, 3.8) is 0 Å². The number of carbonyl (C=O) groups is 1. The lowest BCUT2D eigenvalue weighted by Gasteiger charge is -1.97. The molecule has 0 radical (unpaired) electrons. The largest absolute Gasteiger partial charge is 0.508 e. The Morgan fingerprint density at radius 1 is 1.36 bits per heavy atom. The summed E-state index contributed by atoms with van der Waals surface area (Å²) in [7, 11) is 1.28. The van der Waals surface area contributed by atoms with E-state index in [2.05, 4.69) is 9.47 Å². The summed E-state index contributed by atoms with van der Waals surface area (Å²) in [6.07, 6.45) is 2.97. The average Bonchev–Trinajstić information content (AvgIpc) is 2.25. The maximum absolute atomic E-state index is 10.5. The first-order valence-electron chi connectivity index (χ1n) is 4.25. The van der Waals surface area contributed by atoms with Crippen LogP contribution < -0.4 is 0 Å². The van der Waals surface area contributed by atoms with Gasteiger partial charge in [-0.3, -0.25) is 0 Å². The van der Waals surface area contributed by atoms with Gasteiger partial charge in [0.05, 0.1) is 7.11 Å². The third-order valence-corrected chi connectivity index (χ3v) is 1.57. The molecule has 0 saturated heterocycles. The fraction of sp³-hybridized carbons (Fsp3) is 0.182. The van der Waals surface area contributed by atoms with Crippen LogP contribution in [0.5, 0.6) is 0 Å². The smallest absolute Gasteiger partial charge is 0.438 e. The molecule has 0 fully saturated rings. The van der Waals surface area contributed by atoms with Crippen molar-refractivity contribution in [1.29, 1.82) is 0 Å². The summed E-state index contributed by atoms with van der Waals surface area (Å²) in [5.41, 5.74) is 1.07. The van der Waals surface area contributed by atoms with Crippen LogP contribution in [0, 0.1) is 0 Å². The molecular weight excluding hydrogens is 180 g/mol. The highest BCUT2D eigenvalue weighted by molar-refractivity contribution is 5.60. The molecule has 1 rings (SSSR count). The predicted octanol–water partition coefficient (Wildman–Crippen LogP) is 2.48. The van der Waals surface area contributed by atoms with Crippen LogP contribution >= 0.6 is 0 Å². The summed E-state index contributed by atoms with van der Waals surface area (Å²) in [5.74, 6) is 0. The van der Waals surface area contributed by atoms with Gasteiger partial charge in [0, 0.05) is 0 Å². The van der Waals surface area contributed by atoms with Gasteiger partial charge in [0.1, 0.15) is 6.61 Å². The van der Waals surface area contributed by atoms with E-state index in [4.69, 9.17) is 0 Å². The Kier molecular flexibility index (Phi) is 4.27. The van der Waals surface area contributed by atoms with E-state index in [1.54, 1.807) is 6.08 Å². The molecule has 0 N–H and O–H groups in total. The second-order valence-electron chi connectivity index (χ2n) is 2.58. The van der Waals surface area contributed by atoms with Gasteiger partial charge in [0.15, 0.2) is 0 Å². The minimum Gasteiger partial charge on any atom is -0.438 e. The van der Waals surface area contributed by atoms with E-state index >= 15 is 0 Å². The van der Waals surface area contributed by atoms with Crippen molar-refractivity contribution in [2.75, 3.05) is 13.7 Å². The van der Waals surface area contributed by atoms with Gasteiger partial charge in [0.25, 0.3) is 0 Å². The van der Waals surface area contributed by atoms with Crippen LogP contribution in [0.3, 0.4) is 0 Å². The molecule has 3 nitrogen and oxygen atoms in total. The molecule has 0 aliphatic carbocycles. The van der Waals surface area contributed by atoms with E-state index in [0.717, 1.165) is 5.56 Å². The number of ether oxygens (including phenoxy) is 2. The number of rotatable bonds is 3. The second-order valence-corrected chi connectivity index (χ2v) is 2.58. The van der Waals surface area contributed by atoms with Gasteiger partial charge in [-0.1, -0.05) is 36.4 Å². The number of hydrogen-bond donors (Lipinski definition) is 0. The Balaban J connectivity index is 2.31. The van der Waals surface area contributed by atoms with Crippen LogP contribution in [0.1, 0.15) is 5.56 Å². The summed E-state index contributed by atoms with van der Waals surface area (Å²) in [6, 6.07) is 9.77. The summed E-state index contributed by atoms with van der Waals surface area (Å²) in [4.78, 5) is 10.5. The Bertz CT molecular complexity index is 304. The van der Waals surface area contributed by atoms with Gasteiger partial charge in [0.2, 0.25) is 0 Å². The molecule has 0 aliphatic rings. The molecule has 0 aliphatic heterocycles. The van der Waals surface area contributed by atoms with Crippen LogP contribution in [0.2, 0.25) is 0 Å². The quantitative estimate of drug-likeness (QED) is 0.690. The van der Waals surface area contributed by atoms with Gasteiger partial charge >= 0.3 is 6.16 Å². The summed E-state index contributed by atoms with van der Waals surface area (Å²) < 4.78 is 8.97. The molecule has 0 atom stereocenters. The number of benzene rings is 1. The van der Waals surface area contributed by atoms with E-state index in [-0.39, 0.29) is 6.61 Å². The number of methoxy groups -OCH3 is 1. The molecule has 0 spiro atoms. The normalized spacial score (nSPS) is 10.1. The van der Waals surface area contributed by atoms with Crippen molar-refractivity contribution in [2.24, 2.45) is 0 Å². The molecule has 1 aromatic carbocycles. The zero-order valence-electron chi connectivity index (χ0n) is 7.97. The predicted molar refractivity (Wildman–Crippen MR) is 53.8 cm³/mol. The van der Waals surface area contributed by atoms with Gasteiger partial charge in [-0.25, -0.2) is 4.79 Å². The highest BCUT2D eigenvalue weighted by Gasteiger charge is 1.95. The van der Waals surface area contributed by atoms with Crippen molar-refractivity contribution in [1.82, 2.24) is 0 Å². The van der Waals surface area contributed by atoms with Crippen molar-refractivity contribution in [3.8, 4) is 0 Å². The zero-order chi connectivity index (χ0) is 10.2. The Morgan fingerprint density at radius 2 is 2.07 bits per heavy atom. The van der Waals surface area contributed by atoms with Crippen molar-refractivity contribution >= 4 is 12.2 Å². The monoisotopic (exact) mass is 192 g/mol. The number of carbonyl (C=O) groups excluding carboxylic acids is 1. The molecule has 1 aromatic rings. The Morgan fingerprint density at radius 3 is 2.71 bits per heavy atom. The first-order valence-corrected chi connectivity index (χ1v) is 4.25. The Labute approximate surface area is 83.0 Å². The van der Waals surface area contributed by atoms with Gasteiger partial charge in [-0.05, 0) is 11.6 Å². The SMILES string of the molecule is COC(=O)OC/C=C/c1ccccc1. The lowest BCUT2D eigenvalue weighted by atomic mass is 10.2. The van der Waals surface area contributed by atoms with E-state index in [0.29, 0.717) is 0 Å². The van der Waals surface area contributed by atoms with E-state index < -0.39 is 6.16 Å². The standard InChI is InChI=1S/C11H12O3/c1-13-11(12)14-9-5-8-10-6-3-2-4-7-10/h2-8H,9H2,1H3/b8-5+. The fourth-order valence-corrected chi connectivity index (χ4v) is 0.923. The summed E-state index contributed by atoms with van der Waals surface area (Å²) in [6.45, 7) is 0.224. The fourth-order valence-electron chi connectivity index (χ4n) is 0.923.